The molecule has 0 amide bonds. The van der Waals surface area contributed by atoms with Crippen LogP contribution in [0, 0.1) is 0 Å². The summed E-state index contributed by atoms with van der Waals surface area (Å²) in [5.41, 5.74) is 1.32. The summed E-state index contributed by atoms with van der Waals surface area (Å²) in [6.07, 6.45) is 2.78. The normalized spacial score (nSPS) is 10.7. The zero-order valence-corrected chi connectivity index (χ0v) is 12.1. The predicted octanol–water partition coefficient (Wildman–Crippen LogP) is 3.96. The van der Waals surface area contributed by atoms with Crippen LogP contribution in [-0.4, -0.2) is 18.6 Å². The van der Waals surface area contributed by atoms with Crippen LogP contribution in [-0.2, 0) is 6.42 Å². The highest BCUT2D eigenvalue weighted by Crippen LogP contribution is 2.24. The van der Waals surface area contributed by atoms with E-state index in [9.17, 15) is 0 Å². The van der Waals surface area contributed by atoms with Crippen molar-refractivity contribution in [1.82, 2.24) is 4.98 Å². The van der Waals surface area contributed by atoms with E-state index in [-0.39, 0.29) is 0 Å². The van der Waals surface area contributed by atoms with Crippen molar-refractivity contribution in [3.63, 3.8) is 0 Å². The molecule has 20 heavy (non-hydrogen) atoms. The highest BCUT2D eigenvalue weighted by atomic mass is 32.1. The average molecular weight is 284 g/mol. The van der Waals surface area contributed by atoms with Crippen LogP contribution >= 0.6 is 11.3 Å². The van der Waals surface area contributed by atoms with E-state index in [0.29, 0.717) is 0 Å². The summed E-state index contributed by atoms with van der Waals surface area (Å²) < 4.78 is 5.32. The third kappa shape index (κ3) is 2.75. The molecule has 3 aromatic rings. The molecular formula is C16H16N2OS. The molecule has 3 nitrogen and oxygen atoms in total. The second-order valence-corrected chi connectivity index (χ2v) is 5.41. The van der Waals surface area contributed by atoms with Gasteiger partial charge in [-0.1, -0.05) is 24.3 Å². The monoisotopic (exact) mass is 284 g/mol. The molecule has 102 valence electrons. The van der Waals surface area contributed by atoms with Crippen LogP contribution in [0.25, 0.3) is 10.8 Å². The first-order valence-corrected chi connectivity index (χ1v) is 7.44. The molecule has 2 aromatic carbocycles. The molecule has 1 aromatic heterocycles. The summed E-state index contributed by atoms with van der Waals surface area (Å²) in [5, 5.41) is 8.80. The molecule has 0 bridgehead atoms. The zero-order chi connectivity index (χ0) is 13.8. The number of methoxy groups -OCH3 is 1. The number of rotatable bonds is 5. The quantitative estimate of drug-likeness (QED) is 0.770. The van der Waals surface area contributed by atoms with E-state index < -0.39 is 0 Å². The number of fused-ring (bicyclic) bond motifs is 1. The average Bonchev–Trinajstić information content (AvgIpc) is 3.00. The molecule has 0 aliphatic carbocycles. The van der Waals surface area contributed by atoms with Gasteiger partial charge in [0, 0.05) is 18.1 Å². The van der Waals surface area contributed by atoms with E-state index in [2.05, 4.69) is 40.6 Å². The van der Waals surface area contributed by atoms with Gasteiger partial charge in [0.25, 0.3) is 0 Å². The molecule has 1 heterocycles. The third-order valence-electron chi connectivity index (χ3n) is 3.28. The standard InChI is InChI=1S/C16H16N2OS/c1-19-14-6-5-12-3-2-4-13(15(12)11-14)7-8-17-16-18-9-10-20-16/h2-6,9-11H,7-8H2,1H3,(H,17,18). The number of thiazole rings is 1. The predicted molar refractivity (Wildman–Crippen MR) is 84.8 cm³/mol. The Hall–Kier alpha value is -2.07. The van der Waals surface area contributed by atoms with Gasteiger partial charge in [0.15, 0.2) is 5.13 Å². The Labute approximate surface area is 122 Å². The van der Waals surface area contributed by atoms with Gasteiger partial charge in [-0.25, -0.2) is 4.98 Å². The first-order valence-electron chi connectivity index (χ1n) is 6.56. The molecule has 0 aliphatic rings. The maximum atomic E-state index is 5.32. The molecule has 0 saturated carbocycles. The van der Waals surface area contributed by atoms with Crippen LogP contribution in [0.2, 0.25) is 0 Å². The zero-order valence-electron chi connectivity index (χ0n) is 11.3. The molecule has 1 N–H and O–H groups in total. The molecular weight excluding hydrogens is 268 g/mol. The van der Waals surface area contributed by atoms with Gasteiger partial charge in [0.05, 0.1) is 7.11 Å². The lowest BCUT2D eigenvalue weighted by molar-refractivity contribution is 0.415. The van der Waals surface area contributed by atoms with Gasteiger partial charge in [-0.3, -0.25) is 0 Å². The van der Waals surface area contributed by atoms with Gasteiger partial charge in [0.1, 0.15) is 5.75 Å². The number of benzene rings is 2. The number of nitrogens with zero attached hydrogens (tertiary/aromatic N) is 1. The molecule has 4 heteroatoms. The largest absolute Gasteiger partial charge is 0.497 e. The lowest BCUT2D eigenvalue weighted by Gasteiger charge is -2.09. The highest BCUT2D eigenvalue weighted by molar-refractivity contribution is 7.13. The van der Waals surface area contributed by atoms with E-state index in [1.54, 1.807) is 18.4 Å². The van der Waals surface area contributed by atoms with Crippen molar-refractivity contribution in [1.29, 1.82) is 0 Å². The van der Waals surface area contributed by atoms with Crippen LogP contribution in [0.3, 0.4) is 0 Å². The fourth-order valence-corrected chi connectivity index (χ4v) is 2.83. The van der Waals surface area contributed by atoms with Crippen LogP contribution in [0.15, 0.2) is 48.0 Å². The van der Waals surface area contributed by atoms with Crippen molar-refractivity contribution in [2.24, 2.45) is 0 Å². The summed E-state index contributed by atoms with van der Waals surface area (Å²) in [4.78, 5) is 4.22. The van der Waals surface area contributed by atoms with Gasteiger partial charge < -0.3 is 10.1 Å². The molecule has 0 aliphatic heterocycles. The summed E-state index contributed by atoms with van der Waals surface area (Å²) in [6.45, 7) is 0.879. The number of nitrogens with one attached hydrogen (secondary N) is 1. The Bertz CT molecular complexity index is 695. The van der Waals surface area contributed by atoms with Crippen molar-refractivity contribution in [3.05, 3.63) is 53.5 Å². The number of anilines is 1. The van der Waals surface area contributed by atoms with Crippen LogP contribution in [0.4, 0.5) is 5.13 Å². The van der Waals surface area contributed by atoms with Crippen LogP contribution in [0.5, 0.6) is 5.75 Å². The van der Waals surface area contributed by atoms with Crippen LogP contribution in [0.1, 0.15) is 5.56 Å². The summed E-state index contributed by atoms with van der Waals surface area (Å²) in [7, 11) is 1.70. The van der Waals surface area contributed by atoms with Crippen LogP contribution < -0.4 is 10.1 Å². The van der Waals surface area contributed by atoms with Crippen molar-refractivity contribution in [2.75, 3.05) is 19.0 Å². The Morgan fingerprint density at radius 1 is 1.25 bits per heavy atom. The molecule has 0 saturated heterocycles. The second kappa shape index (κ2) is 5.92. The molecule has 3 rings (SSSR count). The van der Waals surface area contributed by atoms with Gasteiger partial charge in [-0.15, -0.1) is 11.3 Å². The lowest BCUT2D eigenvalue weighted by atomic mass is 10.0. The van der Waals surface area contributed by atoms with Crippen molar-refractivity contribution in [2.45, 2.75) is 6.42 Å². The Kier molecular flexibility index (Phi) is 3.83. The number of hydrogen-bond donors (Lipinski definition) is 1. The van der Waals surface area contributed by atoms with Crippen molar-refractivity contribution >= 4 is 27.2 Å². The number of ether oxygens (including phenoxy) is 1. The smallest absolute Gasteiger partial charge is 0.182 e. The van der Waals surface area contributed by atoms with E-state index in [1.165, 1.54) is 16.3 Å². The third-order valence-corrected chi connectivity index (χ3v) is 4.01. The topological polar surface area (TPSA) is 34.1 Å². The minimum atomic E-state index is 0.879. The SMILES string of the molecule is COc1ccc2cccc(CCNc3nccs3)c2c1. The second-order valence-electron chi connectivity index (χ2n) is 4.52. The lowest BCUT2D eigenvalue weighted by Crippen LogP contribution is -2.04. The first-order chi connectivity index (χ1) is 9.86. The fraction of sp³-hybridized carbons (Fsp3) is 0.188. The minimum absolute atomic E-state index is 0.879. The number of aromatic nitrogens is 1. The molecule has 0 radical (unpaired) electrons. The van der Waals surface area contributed by atoms with E-state index in [0.717, 1.165) is 23.8 Å². The van der Waals surface area contributed by atoms with E-state index >= 15 is 0 Å². The molecule has 0 unspecified atom stereocenters. The number of hydrogen-bond acceptors (Lipinski definition) is 4. The summed E-state index contributed by atoms with van der Waals surface area (Å²) >= 11 is 1.63. The maximum absolute atomic E-state index is 5.32. The highest BCUT2D eigenvalue weighted by Gasteiger charge is 2.03. The van der Waals surface area contributed by atoms with Gasteiger partial charge >= 0.3 is 0 Å². The van der Waals surface area contributed by atoms with Crippen molar-refractivity contribution < 1.29 is 4.74 Å². The molecule has 0 spiro atoms. The van der Waals surface area contributed by atoms with Gasteiger partial charge in [-0.05, 0) is 34.9 Å². The van der Waals surface area contributed by atoms with E-state index in [1.807, 2.05) is 17.6 Å². The van der Waals surface area contributed by atoms with Crippen molar-refractivity contribution in [3.8, 4) is 5.75 Å². The summed E-state index contributed by atoms with van der Waals surface area (Å²) in [6, 6.07) is 12.6. The maximum Gasteiger partial charge on any atom is 0.182 e. The molecule has 0 fully saturated rings. The summed E-state index contributed by atoms with van der Waals surface area (Å²) in [5.74, 6) is 0.901. The van der Waals surface area contributed by atoms with E-state index in [4.69, 9.17) is 4.74 Å². The Morgan fingerprint density at radius 3 is 3.00 bits per heavy atom. The van der Waals surface area contributed by atoms with Gasteiger partial charge in [0.2, 0.25) is 0 Å². The molecule has 0 atom stereocenters. The Morgan fingerprint density at radius 2 is 2.20 bits per heavy atom. The fourth-order valence-electron chi connectivity index (χ4n) is 2.28. The Balaban J connectivity index is 1.79. The minimum Gasteiger partial charge on any atom is -0.497 e. The first kappa shape index (κ1) is 12.9. The van der Waals surface area contributed by atoms with Gasteiger partial charge in [-0.2, -0.15) is 0 Å².